The molecule has 1 aliphatic carbocycles. The molecule has 0 aromatic heterocycles. The van der Waals surface area contributed by atoms with E-state index < -0.39 is 11.7 Å². The van der Waals surface area contributed by atoms with Gasteiger partial charge in [-0.2, -0.15) is 0 Å². The number of hydrogen-bond donors (Lipinski definition) is 1. The molecule has 1 amide bonds. The molecule has 98 valence electrons. The molecule has 0 aliphatic heterocycles. The molecule has 1 aliphatic rings. The minimum atomic E-state index is -0.587. The van der Waals surface area contributed by atoms with E-state index in [2.05, 4.69) is 5.32 Å². The third-order valence-corrected chi connectivity index (χ3v) is 3.88. The highest BCUT2D eigenvalue weighted by molar-refractivity contribution is 6.19. The first-order valence-electron chi connectivity index (χ1n) is 5.82. The molecule has 0 unspecified atom stereocenters. The first-order chi connectivity index (χ1) is 8.60. The molecule has 0 radical (unpaired) electrons. The average molecular weight is 272 g/mol. The summed E-state index contributed by atoms with van der Waals surface area (Å²) in [5.41, 5.74) is -0.336. The molecule has 1 aromatic rings. The SMILES string of the molecule is COc1ccc(C(=O)NC2(CCl)CCC2)c(F)c1. The second-order valence-electron chi connectivity index (χ2n) is 4.57. The zero-order valence-corrected chi connectivity index (χ0v) is 10.9. The van der Waals surface area contributed by atoms with Crippen LogP contribution in [0.15, 0.2) is 18.2 Å². The van der Waals surface area contributed by atoms with Crippen molar-refractivity contribution in [1.29, 1.82) is 0 Å². The lowest BCUT2D eigenvalue weighted by Crippen LogP contribution is -2.55. The van der Waals surface area contributed by atoms with E-state index in [1.54, 1.807) is 6.07 Å². The Morgan fingerprint density at radius 2 is 2.28 bits per heavy atom. The molecule has 0 spiro atoms. The lowest BCUT2D eigenvalue weighted by Gasteiger charge is -2.41. The molecule has 0 atom stereocenters. The minimum Gasteiger partial charge on any atom is -0.497 e. The summed E-state index contributed by atoms with van der Waals surface area (Å²) in [4.78, 5) is 12.0. The van der Waals surface area contributed by atoms with Crippen LogP contribution in [0.3, 0.4) is 0 Å². The summed E-state index contributed by atoms with van der Waals surface area (Å²) in [5, 5.41) is 2.82. The second-order valence-corrected chi connectivity index (χ2v) is 4.83. The fourth-order valence-corrected chi connectivity index (χ4v) is 2.34. The fraction of sp³-hybridized carbons (Fsp3) is 0.462. The standard InChI is InChI=1S/C13H15ClFNO2/c1-18-9-3-4-10(11(15)7-9)12(17)16-13(8-14)5-2-6-13/h3-4,7H,2,5-6,8H2,1H3,(H,16,17). The van der Waals surface area contributed by atoms with Gasteiger partial charge in [-0.05, 0) is 31.4 Å². The summed E-state index contributed by atoms with van der Waals surface area (Å²) in [5.74, 6) is -0.262. The summed E-state index contributed by atoms with van der Waals surface area (Å²) in [6, 6.07) is 4.18. The van der Waals surface area contributed by atoms with Crippen LogP contribution in [-0.2, 0) is 0 Å². The number of methoxy groups -OCH3 is 1. The van der Waals surface area contributed by atoms with E-state index in [4.69, 9.17) is 16.3 Å². The molecule has 0 bridgehead atoms. The van der Waals surface area contributed by atoms with Gasteiger partial charge in [0.1, 0.15) is 11.6 Å². The number of carbonyl (C=O) groups excluding carboxylic acids is 1. The fourth-order valence-electron chi connectivity index (χ4n) is 2.01. The van der Waals surface area contributed by atoms with Crippen molar-refractivity contribution in [1.82, 2.24) is 5.32 Å². The van der Waals surface area contributed by atoms with Gasteiger partial charge in [-0.15, -0.1) is 11.6 Å². The number of ether oxygens (including phenoxy) is 1. The van der Waals surface area contributed by atoms with Gasteiger partial charge in [0.05, 0.1) is 18.2 Å². The smallest absolute Gasteiger partial charge is 0.254 e. The van der Waals surface area contributed by atoms with Crippen LogP contribution in [0, 0.1) is 5.82 Å². The van der Waals surface area contributed by atoms with Crippen LogP contribution >= 0.6 is 11.6 Å². The van der Waals surface area contributed by atoms with Gasteiger partial charge in [-0.1, -0.05) is 0 Å². The normalized spacial score (nSPS) is 16.8. The van der Waals surface area contributed by atoms with Crippen molar-refractivity contribution < 1.29 is 13.9 Å². The Bertz CT molecular complexity index is 455. The molecule has 5 heteroatoms. The molecule has 18 heavy (non-hydrogen) atoms. The van der Waals surface area contributed by atoms with Crippen molar-refractivity contribution in [2.45, 2.75) is 24.8 Å². The maximum atomic E-state index is 13.7. The molecule has 2 rings (SSSR count). The summed E-state index contributed by atoms with van der Waals surface area (Å²) in [7, 11) is 1.45. The van der Waals surface area contributed by atoms with Gasteiger partial charge >= 0.3 is 0 Å². The summed E-state index contributed by atoms with van der Waals surface area (Å²) < 4.78 is 18.6. The molecule has 1 saturated carbocycles. The Morgan fingerprint density at radius 1 is 1.56 bits per heavy atom. The van der Waals surface area contributed by atoms with E-state index in [0.29, 0.717) is 11.6 Å². The van der Waals surface area contributed by atoms with Crippen molar-refractivity contribution in [3.05, 3.63) is 29.6 Å². The molecule has 0 saturated heterocycles. The first kappa shape index (κ1) is 13.1. The van der Waals surface area contributed by atoms with E-state index in [-0.39, 0.29) is 11.1 Å². The Hall–Kier alpha value is -1.29. The highest BCUT2D eigenvalue weighted by Gasteiger charge is 2.38. The number of hydrogen-bond acceptors (Lipinski definition) is 2. The highest BCUT2D eigenvalue weighted by Crippen LogP contribution is 2.33. The maximum absolute atomic E-state index is 13.7. The largest absolute Gasteiger partial charge is 0.497 e. The quantitative estimate of drug-likeness (QED) is 0.855. The van der Waals surface area contributed by atoms with Gasteiger partial charge < -0.3 is 10.1 Å². The van der Waals surface area contributed by atoms with Crippen LogP contribution in [0.1, 0.15) is 29.6 Å². The number of carbonyl (C=O) groups is 1. The zero-order valence-electron chi connectivity index (χ0n) is 10.1. The van der Waals surface area contributed by atoms with Crippen LogP contribution in [-0.4, -0.2) is 24.4 Å². The number of rotatable bonds is 4. The van der Waals surface area contributed by atoms with Gasteiger partial charge in [0, 0.05) is 11.9 Å². The lowest BCUT2D eigenvalue weighted by molar-refractivity contribution is 0.0849. The minimum absolute atomic E-state index is 0.0205. The number of nitrogens with one attached hydrogen (secondary N) is 1. The second kappa shape index (κ2) is 5.14. The van der Waals surface area contributed by atoms with Gasteiger partial charge in [0.15, 0.2) is 0 Å². The number of benzene rings is 1. The Kier molecular flexibility index (Phi) is 3.76. The van der Waals surface area contributed by atoms with Crippen molar-refractivity contribution in [2.24, 2.45) is 0 Å². The predicted molar refractivity (Wildman–Crippen MR) is 67.7 cm³/mol. The Balaban J connectivity index is 2.14. The van der Waals surface area contributed by atoms with Crippen molar-refractivity contribution in [3.8, 4) is 5.75 Å². The molecule has 1 aromatic carbocycles. The summed E-state index contributed by atoms with van der Waals surface area (Å²) in [6.07, 6.45) is 2.73. The highest BCUT2D eigenvalue weighted by atomic mass is 35.5. The van der Waals surface area contributed by atoms with E-state index >= 15 is 0 Å². The van der Waals surface area contributed by atoms with Crippen LogP contribution in [0.4, 0.5) is 4.39 Å². The third kappa shape index (κ3) is 2.43. The van der Waals surface area contributed by atoms with E-state index in [9.17, 15) is 9.18 Å². The third-order valence-electron chi connectivity index (χ3n) is 3.37. The first-order valence-corrected chi connectivity index (χ1v) is 6.36. The molecular weight excluding hydrogens is 257 g/mol. The van der Waals surface area contributed by atoms with E-state index in [1.807, 2.05) is 0 Å². The van der Waals surface area contributed by atoms with E-state index in [0.717, 1.165) is 19.3 Å². The van der Waals surface area contributed by atoms with Crippen LogP contribution in [0.2, 0.25) is 0 Å². The van der Waals surface area contributed by atoms with Gasteiger partial charge in [0.25, 0.3) is 5.91 Å². The molecule has 0 heterocycles. The van der Waals surface area contributed by atoms with Crippen molar-refractivity contribution in [2.75, 3.05) is 13.0 Å². The average Bonchev–Trinajstić information content (AvgIpc) is 2.33. The Labute approximate surface area is 110 Å². The maximum Gasteiger partial charge on any atom is 0.254 e. The Morgan fingerprint density at radius 3 is 2.72 bits per heavy atom. The zero-order chi connectivity index (χ0) is 13.2. The molecule has 1 fully saturated rings. The van der Waals surface area contributed by atoms with Crippen LogP contribution in [0.25, 0.3) is 0 Å². The lowest BCUT2D eigenvalue weighted by atomic mass is 9.78. The summed E-state index contributed by atoms with van der Waals surface area (Å²) >= 11 is 5.85. The topological polar surface area (TPSA) is 38.3 Å². The number of amides is 1. The molecular formula is C13H15ClFNO2. The van der Waals surface area contributed by atoms with Crippen LogP contribution in [0.5, 0.6) is 5.75 Å². The van der Waals surface area contributed by atoms with Gasteiger partial charge in [-0.25, -0.2) is 4.39 Å². The monoisotopic (exact) mass is 271 g/mol. The van der Waals surface area contributed by atoms with Crippen LogP contribution < -0.4 is 10.1 Å². The number of halogens is 2. The number of alkyl halides is 1. The van der Waals surface area contributed by atoms with Gasteiger partial charge in [-0.3, -0.25) is 4.79 Å². The molecule has 3 nitrogen and oxygen atoms in total. The van der Waals surface area contributed by atoms with Crippen molar-refractivity contribution >= 4 is 17.5 Å². The van der Waals surface area contributed by atoms with Crippen molar-refractivity contribution in [3.63, 3.8) is 0 Å². The van der Waals surface area contributed by atoms with Gasteiger partial charge in [0.2, 0.25) is 0 Å². The predicted octanol–water partition coefficient (Wildman–Crippen LogP) is 2.73. The summed E-state index contributed by atoms with van der Waals surface area (Å²) in [6.45, 7) is 0. The molecule has 1 N–H and O–H groups in total. The van der Waals surface area contributed by atoms with E-state index in [1.165, 1.54) is 19.2 Å².